The molecule has 2 aromatic rings. The van der Waals surface area contributed by atoms with Gasteiger partial charge in [-0.15, -0.1) is 0 Å². The lowest BCUT2D eigenvalue weighted by molar-refractivity contribution is -0.288. The zero-order valence-electron chi connectivity index (χ0n) is 15.4. The van der Waals surface area contributed by atoms with Gasteiger partial charge >= 0.3 is 24.7 Å². The molecule has 0 saturated heterocycles. The van der Waals surface area contributed by atoms with Gasteiger partial charge in [-0.2, -0.15) is 52.7 Å². The fourth-order valence-electron chi connectivity index (χ4n) is 3.16. The van der Waals surface area contributed by atoms with E-state index in [4.69, 9.17) is 11.5 Å². The quantitative estimate of drug-likeness (QED) is 0.241. The number of anilines is 2. The van der Waals surface area contributed by atoms with E-state index in [1.54, 1.807) is 0 Å². The fraction of sp³-hybridized carbons (Fsp3) is 0.294. The van der Waals surface area contributed by atoms with Gasteiger partial charge in [-0.25, -0.2) is 0 Å². The van der Waals surface area contributed by atoms with E-state index in [-0.39, 0.29) is 12.1 Å². The summed E-state index contributed by atoms with van der Waals surface area (Å²) in [5.41, 5.74) is -8.08. The van der Waals surface area contributed by atoms with Gasteiger partial charge in [0.25, 0.3) is 0 Å². The summed E-state index contributed by atoms with van der Waals surface area (Å²) >= 11 is 0. The third-order valence-corrected chi connectivity index (χ3v) is 4.61. The summed E-state index contributed by atoms with van der Waals surface area (Å²) in [5, 5.41) is 18.8. The molecule has 0 heterocycles. The number of nitrogens with two attached hydrogens (primary N) is 2. The highest BCUT2D eigenvalue weighted by molar-refractivity contribution is 5.65. The van der Waals surface area contributed by atoms with Crippen LogP contribution < -0.4 is 11.5 Å². The first-order valence-corrected chi connectivity index (χ1v) is 8.10. The molecule has 0 atom stereocenters. The second-order valence-corrected chi connectivity index (χ2v) is 6.66. The molecule has 0 amide bonds. The number of benzene rings is 2. The van der Waals surface area contributed by atoms with Crippen LogP contribution in [0, 0.1) is 0 Å². The van der Waals surface area contributed by atoms with Gasteiger partial charge in [-0.05, 0) is 35.4 Å². The van der Waals surface area contributed by atoms with Gasteiger partial charge in [0.1, 0.15) is 0 Å². The van der Waals surface area contributed by atoms with Crippen molar-refractivity contribution >= 4 is 11.4 Å². The molecule has 0 aliphatic rings. The van der Waals surface area contributed by atoms with Gasteiger partial charge in [-0.1, -0.05) is 0 Å². The molecule has 0 bridgehead atoms. The maximum absolute atomic E-state index is 14.1. The van der Waals surface area contributed by atoms with E-state index in [9.17, 15) is 62.9 Å². The Morgan fingerprint density at radius 3 is 1.00 bits per heavy atom. The lowest BCUT2D eigenvalue weighted by Gasteiger charge is -2.39. The predicted molar refractivity (Wildman–Crippen MR) is 87.9 cm³/mol. The lowest BCUT2D eigenvalue weighted by Crippen LogP contribution is -2.55. The van der Waals surface area contributed by atoms with E-state index in [0.717, 1.165) is 0 Å². The highest BCUT2D eigenvalue weighted by Gasteiger charge is 2.73. The average Bonchev–Trinajstić information content (AvgIpc) is 2.56. The molecule has 0 fully saturated rings. The second kappa shape index (κ2) is 7.41. The number of phenolic OH excluding ortho intramolecular Hbond substituents is 2. The highest BCUT2D eigenvalue weighted by atomic mass is 19.4. The molecule has 0 saturated carbocycles. The topological polar surface area (TPSA) is 92.5 Å². The van der Waals surface area contributed by atoms with Crippen molar-refractivity contribution < 1.29 is 62.9 Å². The van der Waals surface area contributed by atoms with E-state index >= 15 is 0 Å². The monoisotopic (exact) mass is 502 g/mol. The van der Waals surface area contributed by atoms with Crippen LogP contribution >= 0.6 is 0 Å². The number of hydrogen-bond donors (Lipinski definition) is 4. The van der Waals surface area contributed by atoms with Crippen LogP contribution in [0.4, 0.5) is 64.1 Å². The zero-order chi connectivity index (χ0) is 25.9. The molecule has 2 aromatic carbocycles. The van der Waals surface area contributed by atoms with Crippen LogP contribution in [-0.2, 0) is 17.8 Å². The average molecular weight is 502 g/mol. The van der Waals surface area contributed by atoms with Crippen LogP contribution in [0.5, 0.6) is 11.5 Å². The molecule has 0 spiro atoms. The summed E-state index contributed by atoms with van der Waals surface area (Å²) in [6.07, 6.45) is -24.7. The molecular formula is C17H10F12N2O2. The number of alkyl halides is 12. The Kier molecular flexibility index (Phi) is 5.85. The molecule has 0 aliphatic carbocycles. The molecule has 33 heavy (non-hydrogen) atoms. The number of rotatable bonds is 2. The first-order chi connectivity index (χ1) is 14.6. The van der Waals surface area contributed by atoms with Gasteiger partial charge in [0.15, 0.2) is 11.5 Å². The summed E-state index contributed by atoms with van der Waals surface area (Å²) in [7, 11) is 0. The normalized spacial score (nSPS) is 13.9. The third kappa shape index (κ3) is 4.13. The van der Waals surface area contributed by atoms with Crippen LogP contribution in [-0.4, -0.2) is 22.6 Å². The smallest absolute Gasteiger partial charge is 0.420 e. The van der Waals surface area contributed by atoms with Crippen LogP contribution in [0.25, 0.3) is 0 Å². The minimum atomic E-state index is -6.62. The Morgan fingerprint density at radius 1 is 0.515 bits per heavy atom. The number of hydrogen-bond acceptors (Lipinski definition) is 4. The standard InChI is InChI=1S/C17H10F12N2O2/c18-14(19,20)7-1-5(3-9(30)11(7)32)13(16(24,25)26,17(27,28)29)6-2-8(15(21,22)23)12(33)10(31)4-6/h1-4,32-33H,30-31H2. The molecule has 16 heteroatoms. The molecule has 4 nitrogen and oxygen atoms in total. The van der Waals surface area contributed by atoms with Gasteiger partial charge < -0.3 is 21.7 Å². The Morgan fingerprint density at radius 2 is 0.788 bits per heavy atom. The maximum Gasteiger partial charge on any atom is 0.420 e. The summed E-state index contributed by atoms with van der Waals surface area (Å²) in [5.74, 6) is -3.80. The first-order valence-electron chi connectivity index (χ1n) is 8.10. The van der Waals surface area contributed by atoms with Crippen molar-refractivity contribution in [3.05, 3.63) is 46.5 Å². The summed E-state index contributed by atoms with van der Waals surface area (Å²) in [6, 6.07) is -2.07. The number of aromatic hydroxyl groups is 2. The van der Waals surface area contributed by atoms with E-state index in [2.05, 4.69) is 0 Å². The van der Waals surface area contributed by atoms with Gasteiger partial charge in [-0.3, -0.25) is 0 Å². The highest BCUT2D eigenvalue weighted by Crippen LogP contribution is 2.59. The number of phenols is 2. The lowest BCUT2D eigenvalue weighted by atomic mass is 9.71. The second-order valence-electron chi connectivity index (χ2n) is 6.66. The molecule has 6 N–H and O–H groups in total. The molecule has 0 radical (unpaired) electrons. The van der Waals surface area contributed by atoms with Crippen LogP contribution in [0.2, 0.25) is 0 Å². The van der Waals surface area contributed by atoms with Crippen molar-refractivity contribution in [1.29, 1.82) is 0 Å². The van der Waals surface area contributed by atoms with Gasteiger partial charge in [0.05, 0.1) is 22.5 Å². The zero-order valence-corrected chi connectivity index (χ0v) is 15.4. The van der Waals surface area contributed by atoms with E-state index < -0.39 is 87.4 Å². The van der Waals surface area contributed by atoms with E-state index in [1.165, 1.54) is 0 Å². The number of halogens is 12. The van der Waals surface area contributed by atoms with Gasteiger partial charge in [0.2, 0.25) is 5.41 Å². The van der Waals surface area contributed by atoms with Crippen molar-refractivity contribution in [1.82, 2.24) is 0 Å². The minimum absolute atomic E-state index is 0.304. The van der Waals surface area contributed by atoms with Crippen LogP contribution in [0.1, 0.15) is 22.3 Å². The summed E-state index contributed by atoms with van der Waals surface area (Å²) in [4.78, 5) is 0. The molecule has 184 valence electrons. The SMILES string of the molecule is Nc1cc(C(c2cc(N)c(O)c(C(F)(F)F)c2)(C(F)(F)F)C(F)(F)F)cc(C(F)(F)F)c1O. The molecule has 0 aromatic heterocycles. The fourth-order valence-corrected chi connectivity index (χ4v) is 3.16. The Balaban J connectivity index is 3.19. The minimum Gasteiger partial charge on any atom is -0.505 e. The van der Waals surface area contributed by atoms with Crippen LogP contribution in [0.3, 0.4) is 0 Å². The first kappa shape index (κ1) is 26.1. The van der Waals surface area contributed by atoms with Crippen molar-refractivity contribution in [2.24, 2.45) is 0 Å². The molecule has 0 aliphatic heterocycles. The molecular weight excluding hydrogens is 492 g/mol. The van der Waals surface area contributed by atoms with E-state index in [1.807, 2.05) is 0 Å². The Hall–Kier alpha value is -3.20. The van der Waals surface area contributed by atoms with Crippen molar-refractivity contribution in [3.63, 3.8) is 0 Å². The largest absolute Gasteiger partial charge is 0.505 e. The Bertz CT molecular complexity index is 983. The predicted octanol–water partition coefficient (Wildman–Crippen LogP) is 5.71. The van der Waals surface area contributed by atoms with Crippen molar-refractivity contribution in [3.8, 4) is 11.5 Å². The summed E-state index contributed by atoms with van der Waals surface area (Å²) < 4.78 is 163. The Labute approximate surface area is 175 Å². The third-order valence-electron chi connectivity index (χ3n) is 4.61. The van der Waals surface area contributed by atoms with Crippen molar-refractivity contribution in [2.75, 3.05) is 11.5 Å². The van der Waals surface area contributed by atoms with Gasteiger partial charge in [0, 0.05) is 0 Å². The summed E-state index contributed by atoms with van der Waals surface area (Å²) in [6.45, 7) is 0. The maximum atomic E-state index is 14.1. The molecule has 0 unspecified atom stereocenters. The molecule has 2 rings (SSSR count). The van der Waals surface area contributed by atoms with E-state index in [0.29, 0.717) is 0 Å². The van der Waals surface area contributed by atoms with Crippen molar-refractivity contribution in [2.45, 2.75) is 30.1 Å². The van der Waals surface area contributed by atoms with Crippen LogP contribution in [0.15, 0.2) is 24.3 Å². The number of nitrogen functional groups attached to an aromatic ring is 2.